The summed E-state index contributed by atoms with van der Waals surface area (Å²) in [5, 5.41) is 9.84. The molecule has 2 heteroatoms. The normalized spacial score (nSPS) is 17.5. The zero-order valence-corrected chi connectivity index (χ0v) is 12.0. The Bertz CT molecular complexity index is 387. The third kappa shape index (κ3) is 3.97. The first-order valence-corrected chi connectivity index (χ1v) is 7.75. The second-order valence-electron chi connectivity index (χ2n) is 5.49. The molecule has 0 aliphatic heterocycles. The molecule has 2 rings (SSSR count). The van der Waals surface area contributed by atoms with Crippen molar-refractivity contribution >= 4 is 0 Å². The first kappa shape index (κ1) is 14.4. The van der Waals surface area contributed by atoms with Gasteiger partial charge in [0.05, 0.1) is 12.7 Å². The molecule has 1 atom stereocenters. The second kappa shape index (κ2) is 7.54. The summed E-state index contributed by atoms with van der Waals surface area (Å²) >= 11 is 0. The highest BCUT2D eigenvalue weighted by atomic mass is 16.5. The first-order chi connectivity index (χ1) is 9.33. The number of hydrogen-bond acceptors (Lipinski definition) is 2. The molecule has 0 radical (unpaired) electrons. The van der Waals surface area contributed by atoms with Gasteiger partial charge in [0.15, 0.2) is 0 Å². The van der Waals surface area contributed by atoms with Gasteiger partial charge in [-0.3, -0.25) is 0 Å². The minimum Gasteiger partial charge on any atom is -0.493 e. The molecule has 0 saturated heterocycles. The molecule has 0 fully saturated rings. The molecule has 1 aromatic carbocycles. The van der Waals surface area contributed by atoms with Crippen LogP contribution >= 0.6 is 0 Å². The molecule has 1 N–H and O–H groups in total. The Morgan fingerprint density at radius 2 is 1.95 bits per heavy atom. The predicted octanol–water partition coefficient (Wildman–Crippen LogP) is 4.41. The Hall–Kier alpha value is -1.02. The number of unbranched alkanes of at least 4 members (excludes halogenated alkanes) is 5. The van der Waals surface area contributed by atoms with E-state index in [1.165, 1.54) is 37.7 Å². The Morgan fingerprint density at radius 3 is 2.79 bits per heavy atom. The van der Waals surface area contributed by atoms with E-state index in [4.69, 9.17) is 4.74 Å². The van der Waals surface area contributed by atoms with Gasteiger partial charge in [-0.15, -0.1) is 0 Å². The van der Waals surface area contributed by atoms with Gasteiger partial charge in [0.2, 0.25) is 0 Å². The van der Waals surface area contributed by atoms with Crippen molar-refractivity contribution in [3.8, 4) is 5.75 Å². The number of rotatable bonds is 8. The molecule has 1 aliphatic carbocycles. The topological polar surface area (TPSA) is 29.5 Å². The first-order valence-electron chi connectivity index (χ1n) is 7.75. The average Bonchev–Trinajstić information content (AvgIpc) is 2.81. The van der Waals surface area contributed by atoms with Crippen LogP contribution in [0.5, 0.6) is 5.75 Å². The maximum Gasteiger partial charge on any atom is 0.122 e. The second-order valence-corrected chi connectivity index (χ2v) is 5.49. The maximum absolute atomic E-state index is 9.84. The van der Waals surface area contributed by atoms with Gasteiger partial charge >= 0.3 is 0 Å². The number of aliphatic hydroxyl groups excluding tert-OH is 1. The summed E-state index contributed by atoms with van der Waals surface area (Å²) in [4.78, 5) is 0. The molecule has 1 aliphatic rings. The summed E-state index contributed by atoms with van der Waals surface area (Å²) in [6.07, 6.45) is 9.22. The molecule has 0 bridgehead atoms. The van der Waals surface area contributed by atoms with Crippen LogP contribution in [-0.2, 0) is 6.42 Å². The smallest absolute Gasteiger partial charge is 0.122 e. The maximum atomic E-state index is 9.84. The third-order valence-electron chi connectivity index (χ3n) is 3.95. The van der Waals surface area contributed by atoms with Crippen molar-refractivity contribution in [1.82, 2.24) is 0 Å². The van der Waals surface area contributed by atoms with Gasteiger partial charge in [0, 0.05) is 5.56 Å². The lowest BCUT2D eigenvalue weighted by molar-refractivity contribution is 0.180. The van der Waals surface area contributed by atoms with Gasteiger partial charge in [-0.25, -0.2) is 0 Å². The fourth-order valence-corrected chi connectivity index (χ4v) is 2.80. The van der Waals surface area contributed by atoms with Crippen LogP contribution in [0.1, 0.15) is 69.1 Å². The summed E-state index contributed by atoms with van der Waals surface area (Å²) in [5.74, 6) is 0.989. The molecule has 0 saturated carbocycles. The Labute approximate surface area is 116 Å². The van der Waals surface area contributed by atoms with E-state index < -0.39 is 0 Å². The summed E-state index contributed by atoms with van der Waals surface area (Å²) in [6, 6.07) is 6.04. The predicted molar refractivity (Wildman–Crippen MR) is 78.6 cm³/mol. The molecule has 1 aromatic rings. The van der Waals surface area contributed by atoms with E-state index in [-0.39, 0.29) is 6.10 Å². The quantitative estimate of drug-likeness (QED) is 0.703. The van der Waals surface area contributed by atoms with E-state index in [1.807, 2.05) is 18.2 Å². The van der Waals surface area contributed by atoms with E-state index in [0.717, 1.165) is 37.2 Å². The lowest BCUT2D eigenvalue weighted by atomic mass is 10.1. The summed E-state index contributed by atoms with van der Waals surface area (Å²) in [5.41, 5.74) is 2.29. The number of fused-ring (bicyclic) bond motifs is 1. The number of hydrogen-bond donors (Lipinski definition) is 1. The Kier molecular flexibility index (Phi) is 5.71. The molecule has 1 unspecified atom stereocenters. The fraction of sp³-hybridized carbons (Fsp3) is 0.647. The third-order valence-corrected chi connectivity index (χ3v) is 3.95. The van der Waals surface area contributed by atoms with Crippen molar-refractivity contribution in [2.75, 3.05) is 6.61 Å². The van der Waals surface area contributed by atoms with Crippen LogP contribution in [-0.4, -0.2) is 11.7 Å². The van der Waals surface area contributed by atoms with Crippen LogP contribution in [0.15, 0.2) is 18.2 Å². The molecule has 0 spiro atoms. The van der Waals surface area contributed by atoms with E-state index >= 15 is 0 Å². The molecule has 19 heavy (non-hydrogen) atoms. The van der Waals surface area contributed by atoms with E-state index in [0.29, 0.717) is 0 Å². The summed E-state index contributed by atoms with van der Waals surface area (Å²) in [7, 11) is 0. The van der Waals surface area contributed by atoms with Crippen molar-refractivity contribution in [2.24, 2.45) is 0 Å². The van der Waals surface area contributed by atoms with E-state index in [9.17, 15) is 5.11 Å². The number of aliphatic hydroxyl groups is 1. The van der Waals surface area contributed by atoms with Crippen molar-refractivity contribution in [1.29, 1.82) is 0 Å². The molecule has 0 heterocycles. The molecule has 106 valence electrons. The van der Waals surface area contributed by atoms with Gasteiger partial charge in [-0.05, 0) is 30.9 Å². The van der Waals surface area contributed by atoms with Crippen molar-refractivity contribution < 1.29 is 9.84 Å². The average molecular weight is 262 g/mol. The highest BCUT2D eigenvalue weighted by Crippen LogP contribution is 2.36. The highest BCUT2D eigenvalue weighted by molar-refractivity contribution is 5.44. The van der Waals surface area contributed by atoms with Crippen molar-refractivity contribution in [3.05, 3.63) is 29.3 Å². The molecule has 0 amide bonds. The van der Waals surface area contributed by atoms with Gasteiger partial charge in [0.25, 0.3) is 0 Å². The number of ether oxygens (including phenoxy) is 1. The van der Waals surface area contributed by atoms with E-state index in [2.05, 4.69) is 6.92 Å². The Morgan fingerprint density at radius 1 is 1.16 bits per heavy atom. The standard InChI is InChI=1S/C17H26O2/c1-2-3-4-5-6-7-13-19-17-10-8-9-14-15(17)11-12-16(14)18/h8-10,16,18H,2-7,11-13H2,1H3. The summed E-state index contributed by atoms with van der Waals surface area (Å²) < 4.78 is 5.89. The molecule has 0 aromatic heterocycles. The summed E-state index contributed by atoms with van der Waals surface area (Å²) in [6.45, 7) is 3.05. The van der Waals surface area contributed by atoms with E-state index in [1.54, 1.807) is 0 Å². The minimum absolute atomic E-state index is 0.285. The lowest BCUT2D eigenvalue weighted by Gasteiger charge is -2.11. The monoisotopic (exact) mass is 262 g/mol. The Balaban J connectivity index is 1.72. The lowest BCUT2D eigenvalue weighted by Crippen LogP contribution is -2.00. The minimum atomic E-state index is -0.285. The van der Waals surface area contributed by atoms with Crippen molar-refractivity contribution in [3.63, 3.8) is 0 Å². The molecular formula is C17H26O2. The SMILES string of the molecule is CCCCCCCCOc1cccc2c1CCC2O. The van der Waals surface area contributed by atoms with Crippen LogP contribution < -0.4 is 4.74 Å². The van der Waals surface area contributed by atoms with Crippen LogP contribution in [0.4, 0.5) is 0 Å². The highest BCUT2D eigenvalue weighted by Gasteiger charge is 2.22. The zero-order valence-electron chi connectivity index (χ0n) is 12.0. The van der Waals surface area contributed by atoms with Gasteiger partial charge < -0.3 is 9.84 Å². The number of benzene rings is 1. The fourth-order valence-electron chi connectivity index (χ4n) is 2.80. The van der Waals surface area contributed by atoms with Crippen LogP contribution in [0.25, 0.3) is 0 Å². The van der Waals surface area contributed by atoms with Crippen molar-refractivity contribution in [2.45, 2.75) is 64.4 Å². The van der Waals surface area contributed by atoms with Crippen LogP contribution in [0, 0.1) is 0 Å². The van der Waals surface area contributed by atoms with Gasteiger partial charge in [-0.1, -0.05) is 51.2 Å². The van der Waals surface area contributed by atoms with Crippen LogP contribution in [0.2, 0.25) is 0 Å². The molecular weight excluding hydrogens is 236 g/mol. The zero-order chi connectivity index (χ0) is 13.5. The van der Waals surface area contributed by atoms with Gasteiger partial charge in [-0.2, -0.15) is 0 Å². The largest absolute Gasteiger partial charge is 0.493 e. The van der Waals surface area contributed by atoms with Crippen LogP contribution in [0.3, 0.4) is 0 Å². The molecule has 2 nitrogen and oxygen atoms in total. The van der Waals surface area contributed by atoms with Gasteiger partial charge in [0.1, 0.15) is 5.75 Å².